The van der Waals surface area contributed by atoms with E-state index in [1.807, 2.05) is 0 Å². The summed E-state index contributed by atoms with van der Waals surface area (Å²) < 4.78 is 21.1. The Bertz CT molecular complexity index is 506. The molecule has 8 nitrogen and oxygen atoms in total. The Balaban J connectivity index is 2.05. The monoisotopic (exact) mass is 330 g/mol. The lowest BCUT2D eigenvalue weighted by Gasteiger charge is -2.39. The lowest BCUT2D eigenvalue weighted by atomic mass is 9.99. The van der Waals surface area contributed by atoms with Gasteiger partial charge in [-0.25, -0.2) is 0 Å². The predicted molar refractivity (Wildman–Crippen MR) is 78.1 cm³/mol. The maximum absolute atomic E-state index is 9.91. The van der Waals surface area contributed by atoms with E-state index < -0.39 is 37.3 Å². The molecular weight excluding hydrogens is 308 g/mol. The van der Waals surface area contributed by atoms with Gasteiger partial charge < -0.3 is 39.4 Å². The van der Waals surface area contributed by atoms with Crippen LogP contribution in [0.2, 0.25) is 0 Å². The molecule has 8 heteroatoms. The summed E-state index contributed by atoms with van der Waals surface area (Å²) >= 11 is 0. The topological polar surface area (TPSA) is 118 Å². The number of hydrogen-bond acceptors (Lipinski definition) is 8. The normalized spacial score (nSPS) is 31.0. The molecule has 5 atom stereocenters. The minimum Gasteiger partial charge on any atom is -0.497 e. The van der Waals surface area contributed by atoms with E-state index in [-0.39, 0.29) is 6.61 Å². The maximum Gasteiger partial charge on any atom is 0.187 e. The van der Waals surface area contributed by atoms with Crippen LogP contribution in [-0.4, -0.2) is 72.0 Å². The van der Waals surface area contributed by atoms with Gasteiger partial charge in [0.25, 0.3) is 0 Å². The summed E-state index contributed by atoms with van der Waals surface area (Å²) in [5, 5.41) is 38.5. The van der Waals surface area contributed by atoms with Crippen LogP contribution in [-0.2, 0) is 16.1 Å². The molecule has 130 valence electrons. The van der Waals surface area contributed by atoms with Gasteiger partial charge in [0.05, 0.1) is 27.4 Å². The van der Waals surface area contributed by atoms with Crippen molar-refractivity contribution in [3.8, 4) is 11.5 Å². The van der Waals surface area contributed by atoms with Gasteiger partial charge >= 0.3 is 0 Å². The number of methoxy groups -OCH3 is 2. The number of benzene rings is 1. The van der Waals surface area contributed by atoms with Crippen molar-refractivity contribution in [3.05, 3.63) is 23.8 Å². The molecule has 1 aliphatic heterocycles. The van der Waals surface area contributed by atoms with E-state index in [4.69, 9.17) is 24.1 Å². The summed E-state index contributed by atoms with van der Waals surface area (Å²) in [4.78, 5) is 0. The summed E-state index contributed by atoms with van der Waals surface area (Å²) in [5.41, 5.74) is 0.685. The van der Waals surface area contributed by atoms with Crippen LogP contribution in [0.4, 0.5) is 0 Å². The highest BCUT2D eigenvalue weighted by Gasteiger charge is 2.44. The van der Waals surface area contributed by atoms with Gasteiger partial charge in [-0.05, 0) is 12.1 Å². The Labute approximate surface area is 133 Å². The second kappa shape index (κ2) is 7.91. The second-order valence-corrected chi connectivity index (χ2v) is 5.19. The van der Waals surface area contributed by atoms with Crippen molar-refractivity contribution in [3.63, 3.8) is 0 Å². The smallest absolute Gasteiger partial charge is 0.187 e. The van der Waals surface area contributed by atoms with E-state index >= 15 is 0 Å². The molecule has 0 saturated carbocycles. The van der Waals surface area contributed by atoms with Gasteiger partial charge in [-0.2, -0.15) is 0 Å². The van der Waals surface area contributed by atoms with Gasteiger partial charge in [0.1, 0.15) is 35.9 Å². The Morgan fingerprint density at radius 1 is 1.04 bits per heavy atom. The standard InChI is InChI=1S/C15H22O8/c1-20-9-4-3-8(10(5-9)21-2)7-22-15-14(19)13(18)12(17)11(6-16)23-15/h3-5,11-19H,6-7H2,1-2H3/t11-,12-,13+,14-,15-/m1/s1. The fourth-order valence-electron chi connectivity index (χ4n) is 2.35. The van der Waals surface area contributed by atoms with Crippen LogP contribution in [0.15, 0.2) is 18.2 Å². The average Bonchev–Trinajstić information content (AvgIpc) is 2.59. The number of aliphatic hydroxyl groups is 4. The number of hydrogen-bond donors (Lipinski definition) is 4. The minimum atomic E-state index is -1.47. The van der Waals surface area contributed by atoms with E-state index in [1.54, 1.807) is 25.3 Å². The maximum atomic E-state index is 9.91. The first-order valence-electron chi connectivity index (χ1n) is 7.14. The zero-order valence-corrected chi connectivity index (χ0v) is 13.0. The SMILES string of the molecule is COc1ccc(CO[C@@H]2O[C@H](CO)[C@@H](O)[C@H](O)[C@H]2O)c(OC)c1. The van der Waals surface area contributed by atoms with Gasteiger partial charge in [-0.15, -0.1) is 0 Å². The predicted octanol–water partition coefficient (Wildman–Crippen LogP) is -0.980. The molecule has 1 saturated heterocycles. The van der Waals surface area contributed by atoms with Crippen molar-refractivity contribution in [1.82, 2.24) is 0 Å². The van der Waals surface area contributed by atoms with Crippen LogP contribution >= 0.6 is 0 Å². The number of aliphatic hydroxyl groups excluding tert-OH is 4. The molecule has 0 amide bonds. The molecule has 1 heterocycles. The summed E-state index contributed by atoms with van der Waals surface area (Å²) in [7, 11) is 3.05. The Morgan fingerprint density at radius 2 is 1.78 bits per heavy atom. The summed E-state index contributed by atoms with van der Waals surface area (Å²) in [5.74, 6) is 1.16. The molecule has 0 aromatic heterocycles. The molecule has 1 fully saturated rings. The van der Waals surface area contributed by atoms with Gasteiger partial charge in [0, 0.05) is 11.6 Å². The lowest BCUT2D eigenvalue weighted by Crippen LogP contribution is -2.59. The number of ether oxygens (including phenoxy) is 4. The van der Waals surface area contributed by atoms with E-state index in [0.29, 0.717) is 17.1 Å². The van der Waals surface area contributed by atoms with Crippen molar-refractivity contribution in [2.24, 2.45) is 0 Å². The molecule has 4 N–H and O–H groups in total. The van der Waals surface area contributed by atoms with Crippen LogP contribution in [0, 0.1) is 0 Å². The highest BCUT2D eigenvalue weighted by atomic mass is 16.7. The van der Waals surface area contributed by atoms with Crippen LogP contribution in [0.3, 0.4) is 0 Å². The summed E-state index contributed by atoms with van der Waals surface area (Å²) in [6, 6.07) is 5.15. The van der Waals surface area contributed by atoms with Gasteiger partial charge in [-0.3, -0.25) is 0 Å². The molecule has 0 aliphatic carbocycles. The van der Waals surface area contributed by atoms with Gasteiger partial charge in [0.15, 0.2) is 6.29 Å². The first kappa shape index (κ1) is 17.9. The van der Waals surface area contributed by atoms with Crippen LogP contribution in [0.1, 0.15) is 5.56 Å². The minimum absolute atomic E-state index is 0.0376. The van der Waals surface area contributed by atoms with Crippen LogP contribution < -0.4 is 9.47 Å². The van der Waals surface area contributed by atoms with E-state index in [0.717, 1.165) is 0 Å². The average molecular weight is 330 g/mol. The molecular formula is C15H22O8. The molecule has 1 aromatic rings. The fraction of sp³-hybridized carbons (Fsp3) is 0.600. The quantitative estimate of drug-likeness (QED) is 0.526. The van der Waals surface area contributed by atoms with Crippen molar-refractivity contribution >= 4 is 0 Å². The van der Waals surface area contributed by atoms with E-state index in [1.165, 1.54) is 7.11 Å². The molecule has 0 unspecified atom stereocenters. The van der Waals surface area contributed by atoms with Gasteiger partial charge in [0.2, 0.25) is 0 Å². The number of rotatable bonds is 6. The third-order valence-electron chi connectivity index (χ3n) is 3.75. The van der Waals surface area contributed by atoms with Crippen molar-refractivity contribution < 1.29 is 39.4 Å². The first-order valence-corrected chi connectivity index (χ1v) is 7.14. The van der Waals surface area contributed by atoms with Crippen LogP contribution in [0.5, 0.6) is 11.5 Å². The molecule has 0 spiro atoms. The fourth-order valence-corrected chi connectivity index (χ4v) is 2.35. The third-order valence-corrected chi connectivity index (χ3v) is 3.75. The third kappa shape index (κ3) is 3.92. The van der Waals surface area contributed by atoms with Crippen molar-refractivity contribution in [1.29, 1.82) is 0 Å². The largest absolute Gasteiger partial charge is 0.497 e. The zero-order valence-electron chi connectivity index (χ0n) is 13.0. The molecule has 2 rings (SSSR count). The first-order chi connectivity index (χ1) is 11.0. The molecule has 0 radical (unpaired) electrons. The van der Waals surface area contributed by atoms with Crippen molar-refractivity contribution in [2.45, 2.75) is 37.3 Å². The van der Waals surface area contributed by atoms with Gasteiger partial charge in [-0.1, -0.05) is 0 Å². The van der Waals surface area contributed by atoms with E-state index in [2.05, 4.69) is 0 Å². The lowest BCUT2D eigenvalue weighted by molar-refractivity contribution is -0.304. The molecule has 0 bridgehead atoms. The highest BCUT2D eigenvalue weighted by Crippen LogP contribution is 2.27. The highest BCUT2D eigenvalue weighted by molar-refractivity contribution is 5.40. The molecule has 1 aromatic carbocycles. The van der Waals surface area contributed by atoms with Crippen LogP contribution in [0.25, 0.3) is 0 Å². The molecule has 23 heavy (non-hydrogen) atoms. The Morgan fingerprint density at radius 3 is 2.39 bits per heavy atom. The molecule has 1 aliphatic rings. The summed E-state index contributed by atoms with van der Waals surface area (Å²) in [6.07, 6.45) is -6.50. The van der Waals surface area contributed by atoms with E-state index in [9.17, 15) is 15.3 Å². The summed E-state index contributed by atoms with van der Waals surface area (Å²) in [6.45, 7) is -0.466. The van der Waals surface area contributed by atoms with Crippen molar-refractivity contribution in [2.75, 3.05) is 20.8 Å². The second-order valence-electron chi connectivity index (χ2n) is 5.19. The Hall–Kier alpha value is -1.42. The zero-order chi connectivity index (χ0) is 17.0. The Kier molecular flexibility index (Phi) is 6.17.